The molecule has 2 atom stereocenters. The fourth-order valence-electron chi connectivity index (χ4n) is 4.14. The van der Waals surface area contributed by atoms with Crippen LogP contribution in [0.3, 0.4) is 0 Å². The highest BCUT2D eigenvalue weighted by atomic mass is 16.5. The number of ketones is 1. The Morgan fingerprint density at radius 2 is 1.70 bits per heavy atom. The molecule has 0 aromatic heterocycles. The van der Waals surface area contributed by atoms with Crippen LogP contribution in [0, 0.1) is 5.92 Å². The van der Waals surface area contributed by atoms with Crippen LogP contribution in [-0.4, -0.2) is 46.9 Å². The Morgan fingerprint density at radius 3 is 2.40 bits per heavy atom. The summed E-state index contributed by atoms with van der Waals surface area (Å²) >= 11 is 0. The van der Waals surface area contributed by atoms with E-state index < -0.39 is 0 Å². The van der Waals surface area contributed by atoms with Gasteiger partial charge in [-0.2, -0.15) is 0 Å². The fourth-order valence-corrected chi connectivity index (χ4v) is 4.14. The molecule has 0 spiro atoms. The number of aliphatic hydroxyl groups is 1. The van der Waals surface area contributed by atoms with Gasteiger partial charge < -0.3 is 9.84 Å². The Morgan fingerprint density at radius 1 is 1.00 bits per heavy atom. The highest BCUT2D eigenvalue weighted by Crippen LogP contribution is 2.26. The zero-order valence-corrected chi connectivity index (χ0v) is 16.8. The monoisotopic (exact) mass is 407 g/mol. The molecule has 1 heterocycles. The van der Waals surface area contributed by atoms with Gasteiger partial charge in [-0.3, -0.25) is 19.3 Å². The van der Waals surface area contributed by atoms with Gasteiger partial charge in [-0.15, -0.1) is 0 Å². The van der Waals surface area contributed by atoms with Gasteiger partial charge in [-0.05, 0) is 37.1 Å². The standard InChI is InChI=1S/C24H25NO5/c26-21-11-4-1-6-17(21)15-30-18-8-5-7-16(14-18)22(27)12-13-25-23(28)19-9-2-3-10-20(19)24(25)29/h2-3,5,7-10,14,17,21,26H,1,4,6,11-13,15H2/t17-,21+/m0/s1. The van der Waals surface area contributed by atoms with Crippen molar-refractivity contribution in [2.24, 2.45) is 5.92 Å². The molecule has 2 amide bonds. The highest BCUT2D eigenvalue weighted by Gasteiger charge is 2.35. The first-order valence-corrected chi connectivity index (χ1v) is 10.4. The number of hydrogen-bond donors (Lipinski definition) is 1. The van der Waals surface area contributed by atoms with Crippen molar-refractivity contribution in [3.8, 4) is 5.75 Å². The molecule has 2 aromatic rings. The van der Waals surface area contributed by atoms with Crippen LogP contribution in [0.5, 0.6) is 5.75 Å². The quantitative estimate of drug-likeness (QED) is 0.561. The van der Waals surface area contributed by atoms with E-state index in [4.69, 9.17) is 4.74 Å². The minimum Gasteiger partial charge on any atom is -0.493 e. The van der Waals surface area contributed by atoms with Gasteiger partial charge in [0.1, 0.15) is 5.75 Å². The lowest BCUT2D eigenvalue weighted by Gasteiger charge is -2.27. The summed E-state index contributed by atoms with van der Waals surface area (Å²) in [5.74, 6) is -0.168. The van der Waals surface area contributed by atoms with Gasteiger partial charge in [0.15, 0.2) is 5.78 Å². The van der Waals surface area contributed by atoms with Crippen molar-refractivity contribution in [3.05, 3.63) is 65.2 Å². The van der Waals surface area contributed by atoms with Crippen molar-refractivity contribution in [1.29, 1.82) is 0 Å². The molecular weight excluding hydrogens is 382 g/mol. The smallest absolute Gasteiger partial charge is 0.261 e. The summed E-state index contributed by atoms with van der Waals surface area (Å²) in [6.45, 7) is 0.471. The van der Waals surface area contributed by atoms with E-state index in [1.807, 2.05) is 0 Å². The minimum absolute atomic E-state index is 0.0462. The van der Waals surface area contributed by atoms with E-state index in [1.165, 1.54) is 0 Å². The second kappa shape index (κ2) is 8.79. The van der Waals surface area contributed by atoms with Crippen LogP contribution in [-0.2, 0) is 0 Å². The zero-order valence-electron chi connectivity index (χ0n) is 16.8. The number of rotatable bonds is 7. The van der Waals surface area contributed by atoms with E-state index in [1.54, 1.807) is 48.5 Å². The van der Waals surface area contributed by atoms with Gasteiger partial charge in [-0.25, -0.2) is 0 Å². The second-order valence-corrected chi connectivity index (χ2v) is 7.93. The second-order valence-electron chi connectivity index (χ2n) is 7.93. The third-order valence-electron chi connectivity index (χ3n) is 5.93. The van der Waals surface area contributed by atoms with E-state index in [2.05, 4.69) is 0 Å². The number of aliphatic hydroxyl groups excluding tert-OH is 1. The van der Waals surface area contributed by atoms with Crippen LogP contribution in [0.2, 0.25) is 0 Å². The Hall–Kier alpha value is -2.99. The number of nitrogens with zero attached hydrogens (tertiary/aromatic N) is 1. The van der Waals surface area contributed by atoms with Crippen molar-refractivity contribution >= 4 is 17.6 Å². The van der Waals surface area contributed by atoms with Gasteiger partial charge in [0.25, 0.3) is 11.8 Å². The minimum atomic E-state index is -0.355. The predicted molar refractivity (Wildman–Crippen MR) is 111 cm³/mol. The topological polar surface area (TPSA) is 83.9 Å². The first-order chi connectivity index (χ1) is 14.5. The van der Waals surface area contributed by atoms with Gasteiger partial charge in [-0.1, -0.05) is 37.1 Å². The Bertz CT molecular complexity index is 935. The lowest BCUT2D eigenvalue weighted by atomic mass is 9.87. The number of hydrogen-bond acceptors (Lipinski definition) is 5. The van der Waals surface area contributed by atoms with Crippen molar-refractivity contribution in [2.45, 2.75) is 38.2 Å². The van der Waals surface area contributed by atoms with Gasteiger partial charge in [0.05, 0.1) is 23.8 Å². The molecule has 156 valence electrons. The van der Waals surface area contributed by atoms with E-state index in [9.17, 15) is 19.5 Å². The number of amides is 2. The molecule has 1 aliphatic heterocycles. The van der Waals surface area contributed by atoms with Crippen molar-refractivity contribution < 1.29 is 24.2 Å². The van der Waals surface area contributed by atoms with E-state index in [-0.39, 0.29) is 42.6 Å². The maximum atomic E-state index is 12.7. The van der Waals surface area contributed by atoms with Crippen molar-refractivity contribution in [2.75, 3.05) is 13.2 Å². The van der Waals surface area contributed by atoms with E-state index >= 15 is 0 Å². The fraction of sp³-hybridized carbons (Fsp3) is 0.375. The molecule has 0 bridgehead atoms. The summed E-state index contributed by atoms with van der Waals surface area (Å²) in [5, 5.41) is 10.1. The SMILES string of the molecule is O=C(CCN1C(=O)c2ccccc2C1=O)c1cccc(OC[C@@H]2CCCC[C@H]2O)c1. The van der Waals surface area contributed by atoms with Crippen LogP contribution in [0.25, 0.3) is 0 Å². The van der Waals surface area contributed by atoms with Crippen molar-refractivity contribution in [1.82, 2.24) is 4.90 Å². The summed E-state index contributed by atoms with van der Waals surface area (Å²) in [5.41, 5.74) is 1.25. The zero-order chi connectivity index (χ0) is 21.1. The maximum Gasteiger partial charge on any atom is 0.261 e. The van der Waals surface area contributed by atoms with E-state index in [0.29, 0.717) is 29.0 Å². The van der Waals surface area contributed by atoms with E-state index in [0.717, 1.165) is 30.6 Å². The summed E-state index contributed by atoms with van der Waals surface area (Å²) in [4.78, 5) is 38.6. The summed E-state index contributed by atoms with van der Waals surface area (Å²) in [7, 11) is 0. The molecule has 2 aromatic carbocycles. The van der Waals surface area contributed by atoms with Crippen molar-refractivity contribution in [3.63, 3.8) is 0 Å². The molecule has 2 aliphatic rings. The van der Waals surface area contributed by atoms with Crippen LogP contribution in [0.1, 0.15) is 63.2 Å². The molecule has 1 N–H and O–H groups in total. The summed E-state index contributed by atoms with van der Waals surface area (Å²) < 4.78 is 5.83. The number of carbonyl (C=O) groups excluding carboxylic acids is 3. The number of Topliss-reactive ketones (excluding diaryl/α,β-unsaturated/α-hetero) is 1. The highest BCUT2D eigenvalue weighted by molar-refractivity contribution is 6.21. The molecule has 0 unspecified atom stereocenters. The average molecular weight is 407 g/mol. The molecule has 1 fully saturated rings. The normalized spacial score (nSPS) is 20.9. The maximum absolute atomic E-state index is 12.7. The largest absolute Gasteiger partial charge is 0.493 e. The third-order valence-corrected chi connectivity index (χ3v) is 5.93. The molecular formula is C24H25NO5. The summed E-state index contributed by atoms with van der Waals surface area (Å²) in [6, 6.07) is 13.6. The molecule has 4 rings (SSSR count). The molecule has 6 nitrogen and oxygen atoms in total. The molecule has 1 aliphatic carbocycles. The number of benzene rings is 2. The van der Waals surface area contributed by atoms with Crippen LogP contribution in [0.4, 0.5) is 0 Å². The summed E-state index contributed by atoms with van der Waals surface area (Å²) in [6.07, 6.45) is 3.62. The first-order valence-electron chi connectivity index (χ1n) is 10.4. The lowest BCUT2D eigenvalue weighted by molar-refractivity contribution is 0.0421. The molecule has 6 heteroatoms. The predicted octanol–water partition coefficient (Wildman–Crippen LogP) is 3.49. The Balaban J connectivity index is 1.35. The van der Waals surface area contributed by atoms with Crippen LogP contribution < -0.4 is 4.74 Å². The average Bonchev–Trinajstić information content (AvgIpc) is 3.02. The van der Waals surface area contributed by atoms with Gasteiger partial charge in [0.2, 0.25) is 0 Å². The Labute approximate surface area is 175 Å². The number of fused-ring (bicyclic) bond motifs is 1. The third kappa shape index (κ3) is 4.14. The van der Waals surface area contributed by atoms with Gasteiger partial charge in [0, 0.05) is 24.4 Å². The molecule has 30 heavy (non-hydrogen) atoms. The Kier molecular flexibility index (Phi) is 5.95. The number of ether oxygens (including phenoxy) is 1. The van der Waals surface area contributed by atoms with Crippen LogP contribution in [0.15, 0.2) is 48.5 Å². The lowest BCUT2D eigenvalue weighted by Crippen LogP contribution is -2.31. The molecule has 0 radical (unpaired) electrons. The van der Waals surface area contributed by atoms with Gasteiger partial charge >= 0.3 is 0 Å². The number of carbonyl (C=O) groups is 3. The molecule has 0 saturated heterocycles. The van der Waals surface area contributed by atoms with Crippen LogP contribution >= 0.6 is 0 Å². The number of imide groups is 1. The molecule has 1 saturated carbocycles. The first kappa shape index (κ1) is 20.3.